The predicted molar refractivity (Wildman–Crippen MR) is 117 cm³/mol. The van der Waals surface area contributed by atoms with Crippen LogP contribution in [0.2, 0.25) is 0 Å². The molecule has 1 N–H and O–H groups in total. The van der Waals surface area contributed by atoms with Crippen LogP contribution in [0.4, 0.5) is 0 Å². The van der Waals surface area contributed by atoms with Crippen LogP contribution in [0, 0.1) is 5.92 Å². The zero-order valence-corrected chi connectivity index (χ0v) is 17.6. The fourth-order valence-electron chi connectivity index (χ4n) is 4.10. The molecule has 0 unspecified atom stereocenters. The van der Waals surface area contributed by atoms with Gasteiger partial charge in [-0.3, -0.25) is 9.59 Å². The molecule has 32 heavy (non-hydrogen) atoms. The minimum atomic E-state index is -0.152. The van der Waals surface area contributed by atoms with Gasteiger partial charge >= 0.3 is 0 Å². The highest BCUT2D eigenvalue weighted by molar-refractivity contribution is 5.98. The van der Waals surface area contributed by atoms with E-state index >= 15 is 0 Å². The van der Waals surface area contributed by atoms with E-state index in [2.05, 4.69) is 20.2 Å². The van der Waals surface area contributed by atoms with Crippen molar-refractivity contribution in [1.82, 2.24) is 34.4 Å². The largest absolute Gasteiger partial charge is 0.497 e. The molecule has 1 fully saturated rings. The van der Waals surface area contributed by atoms with E-state index in [-0.39, 0.29) is 17.4 Å². The van der Waals surface area contributed by atoms with Gasteiger partial charge in [-0.2, -0.15) is 5.10 Å². The molecule has 1 saturated heterocycles. The molecule has 10 nitrogen and oxygen atoms in total. The van der Waals surface area contributed by atoms with E-state index in [0.29, 0.717) is 31.1 Å². The number of rotatable bonds is 5. The summed E-state index contributed by atoms with van der Waals surface area (Å²) >= 11 is 0. The highest BCUT2D eigenvalue weighted by Crippen LogP contribution is 2.24. The first-order valence-electron chi connectivity index (χ1n) is 10.5. The van der Waals surface area contributed by atoms with Crippen LogP contribution in [0.5, 0.6) is 5.75 Å². The SMILES string of the molecule is COc1ccc2cc(C(=O)N3CCC(Cn4nc(-n5cncn5)ccc4=O)CC3)[nH]c2c1. The molecule has 5 rings (SSSR count). The van der Waals surface area contributed by atoms with E-state index in [1.165, 1.54) is 21.8 Å². The van der Waals surface area contributed by atoms with Crippen molar-refractivity contribution in [3.63, 3.8) is 0 Å². The van der Waals surface area contributed by atoms with Gasteiger partial charge in [-0.25, -0.2) is 14.3 Å². The van der Waals surface area contributed by atoms with Crippen LogP contribution in [-0.4, -0.2) is 60.5 Å². The molecule has 0 saturated carbocycles. The lowest BCUT2D eigenvalue weighted by molar-refractivity contribution is 0.0675. The van der Waals surface area contributed by atoms with Crippen molar-refractivity contribution in [2.45, 2.75) is 19.4 Å². The monoisotopic (exact) mass is 433 g/mol. The number of H-pyrrole nitrogens is 1. The molecule has 1 aliphatic rings. The van der Waals surface area contributed by atoms with Crippen LogP contribution in [0.1, 0.15) is 23.3 Å². The summed E-state index contributed by atoms with van der Waals surface area (Å²) in [6.07, 6.45) is 4.58. The number of benzene rings is 1. The number of fused-ring (bicyclic) bond motifs is 1. The predicted octanol–water partition coefficient (Wildman–Crippen LogP) is 1.87. The molecule has 4 heterocycles. The molecule has 0 atom stereocenters. The first kappa shape index (κ1) is 20.0. The fraction of sp³-hybridized carbons (Fsp3) is 0.318. The Balaban J connectivity index is 1.24. The topological polar surface area (TPSA) is 111 Å². The number of ether oxygens (including phenoxy) is 1. The van der Waals surface area contributed by atoms with Gasteiger partial charge in [0, 0.05) is 42.7 Å². The molecular formula is C22H23N7O3. The summed E-state index contributed by atoms with van der Waals surface area (Å²) in [5, 5.41) is 9.45. The van der Waals surface area contributed by atoms with Crippen LogP contribution in [-0.2, 0) is 6.54 Å². The molecule has 0 spiro atoms. The zero-order chi connectivity index (χ0) is 22.1. The van der Waals surface area contributed by atoms with E-state index in [9.17, 15) is 9.59 Å². The second-order valence-electron chi connectivity index (χ2n) is 7.92. The third-order valence-electron chi connectivity index (χ3n) is 5.90. The lowest BCUT2D eigenvalue weighted by atomic mass is 9.96. The van der Waals surface area contributed by atoms with Gasteiger partial charge in [0.1, 0.15) is 24.1 Å². The number of nitrogens with zero attached hydrogens (tertiary/aromatic N) is 6. The molecule has 1 amide bonds. The summed E-state index contributed by atoms with van der Waals surface area (Å²) in [5.74, 6) is 1.55. The molecule has 0 bridgehead atoms. The minimum Gasteiger partial charge on any atom is -0.497 e. The molecular weight excluding hydrogens is 410 g/mol. The summed E-state index contributed by atoms with van der Waals surface area (Å²) in [7, 11) is 1.62. The van der Waals surface area contributed by atoms with Gasteiger partial charge < -0.3 is 14.6 Å². The molecule has 4 aromatic rings. The number of hydrogen-bond acceptors (Lipinski definition) is 6. The maximum absolute atomic E-state index is 13.0. The van der Waals surface area contributed by atoms with Crippen molar-refractivity contribution in [1.29, 1.82) is 0 Å². The van der Waals surface area contributed by atoms with E-state index in [1.54, 1.807) is 19.5 Å². The van der Waals surface area contributed by atoms with E-state index in [4.69, 9.17) is 4.74 Å². The number of hydrogen-bond donors (Lipinski definition) is 1. The average Bonchev–Trinajstić information content (AvgIpc) is 3.50. The Morgan fingerprint density at radius 3 is 2.78 bits per heavy atom. The highest BCUT2D eigenvalue weighted by atomic mass is 16.5. The standard InChI is InChI=1S/C22H23N7O3/c1-32-17-3-2-16-10-19(25-18(16)11-17)22(31)27-8-6-15(7-9-27)12-28-21(30)5-4-20(26-28)29-14-23-13-24-29/h2-5,10-11,13-15,25H,6-9,12H2,1H3. The first-order valence-corrected chi connectivity index (χ1v) is 10.5. The smallest absolute Gasteiger partial charge is 0.270 e. The van der Waals surface area contributed by atoms with Gasteiger partial charge in [0.15, 0.2) is 5.82 Å². The number of methoxy groups -OCH3 is 1. The normalized spacial score (nSPS) is 14.7. The Kier molecular flexibility index (Phi) is 5.18. The minimum absolute atomic E-state index is 0.0120. The van der Waals surface area contributed by atoms with Gasteiger partial charge in [-0.05, 0) is 43.0 Å². The summed E-state index contributed by atoms with van der Waals surface area (Å²) in [6.45, 7) is 1.79. The van der Waals surface area contributed by atoms with Crippen LogP contribution in [0.15, 0.2) is 53.8 Å². The number of piperidine rings is 1. The molecule has 1 aliphatic heterocycles. The van der Waals surface area contributed by atoms with Crippen LogP contribution in [0.3, 0.4) is 0 Å². The van der Waals surface area contributed by atoms with Crippen LogP contribution >= 0.6 is 0 Å². The van der Waals surface area contributed by atoms with Gasteiger partial charge in [-0.1, -0.05) is 0 Å². The third kappa shape index (κ3) is 3.86. The van der Waals surface area contributed by atoms with Crippen LogP contribution in [0.25, 0.3) is 16.7 Å². The lowest BCUT2D eigenvalue weighted by Crippen LogP contribution is -2.40. The Bertz CT molecular complexity index is 1300. The Hall–Kier alpha value is -3.95. The summed E-state index contributed by atoms with van der Waals surface area (Å²) in [4.78, 5) is 34.3. The molecule has 164 valence electrons. The number of carbonyl (C=O) groups excluding carboxylic acids is 1. The molecule has 0 radical (unpaired) electrons. The van der Waals surface area contributed by atoms with E-state index in [1.807, 2.05) is 29.2 Å². The van der Waals surface area contributed by atoms with Crippen molar-refractivity contribution in [2.75, 3.05) is 20.2 Å². The summed E-state index contributed by atoms with van der Waals surface area (Å²) in [6, 6.07) is 10.7. The summed E-state index contributed by atoms with van der Waals surface area (Å²) in [5.41, 5.74) is 1.30. The average molecular weight is 433 g/mol. The maximum Gasteiger partial charge on any atom is 0.270 e. The van der Waals surface area contributed by atoms with Crippen LogP contribution < -0.4 is 10.3 Å². The third-order valence-corrected chi connectivity index (χ3v) is 5.90. The number of amides is 1. The van der Waals surface area contributed by atoms with Crippen molar-refractivity contribution < 1.29 is 9.53 Å². The Morgan fingerprint density at radius 1 is 1.19 bits per heavy atom. The molecule has 0 aliphatic carbocycles. The van der Waals surface area contributed by atoms with Crippen molar-refractivity contribution in [2.24, 2.45) is 5.92 Å². The Labute approximate surface area is 183 Å². The molecule has 1 aromatic carbocycles. The van der Waals surface area contributed by atoms with Gasteiger partial charge in [-0.15, -0.1) is 5.10 Å². The quantitative estimate of drug-likeness (QED) is 0.514. The second kappa shape index (κ2) is 8.29. The maximum atomic E-state index is 13.0. The number of aromatic amines is 1. The summed E-state index contributed by atoms with van der Waals surface area (Å²) < 4.78 is 8.25. The van der Waals surface area contributed by atoms with Crippen molar-refractivity contribution in [3.8, 4) is 11.6 Å². The number of nitrogens with one attached hydrogen (secondary N) is 1. The molecule has 10 heteroatoms. The van der Waals surface area contributed by atoms with Crippen molar-refractivity contribution >= 4 is 16.8 Å². The highest BCUT2D eigenvalue weighted by Gasteiger charge is 2.25. The number of likely N-dealkylation sites (tertiary alicyclic amines) is 1. The first-order chi connectivity index (χ1) is 15.6. The van der Waals surface area contributed by atoms with Gasteiger partial charge in [0.05, 0.1) is 7.11 Å². The second-order valence-corrected chi connectivity index (χ2v) is 7.92. The fourth-order valence-corrected chi connectivity index (χ4v) is 4.10. The van der Waals surface area contributed by atoms with E-state index in [0.717, 1.165) is 29.5 Å². The van der Waals surface area contributed by atoms with Gasteiger partial charge in [0.25, 0.3) is 11.5 Å². The van der Waals surface area contributed by atoms with E-state index < -0.39 is 0 Å². The Morgan fingerprint density at radius 2 is 2.03 bits per heavy atom. The lowest BCUT2D eigenvalue weighted by Gasteiger charge is -2.31. The number of carbonyl (C=O) groups is 1. The molecule has 3 aromatic heterocycles. The van der Waals surface area contributed by atoms with Gasteiger partial charge in [0.2, 0.25) is 0 Å². The zero-order valence-electron chi connectivity index (χ0n) is 17.6. The number of aromatic nitrogens is 6. The van der Waals surface area contributed by atoms with Crippen molar-refractivity contribution in [3.05, 3.63) is 65.1 Å².